The fourth-order valence-corrected chi connectivity index (χ4v) is 2.40. The third-order valence-corrected chi connectivity index (χ3v) is 3.80. The van der Waals surface area contributed by atoms with Crippen molar-refractivity contribution in [3.8, 4) is 0 Å². The number of esters is 1. The first-order valence-corrected chi connectivity index (χ1v) is 7.65. The smallest absolute Gasteiger partial charge is 0.333 e. The van der Waals surface area contributed by atoms with E-state index < -0.39 is 6.04 Å². The van der Waals surface area contributed by atoms with E-state index in [9.17, 15) is 4.79 Å². The monoisotopic (exact) mass is 347 g/mol. The highest BCUT2D eigenvalue weighted by Gasteiger charge is 2.22. The lowest BCUT2D eigenvalue weighted by atomic mass is 10.0. The second-order valence-corrected chi connectivity index (χ2v) is 5.57. The highest BCUT2D eigenvalue weighted by molar-refractivity contribution is 9.10. The lowest BCUT2D eigenvalue weighted by molar-refractivity contribution is -0.144. The molecule has 1 atom stereocenters. The summed E-state index contributed by atoms with van der Waals surface area (Å²) in [5, 5.41) is 3.25. The molecule has 4 heteroatoms. The average molecular weight is 348 g/mol. The number of nitrogens with one attached hydrogen (secondary N) is 1. The van der Waals surface area contributed by atoms with Crippen LogP contribution in [0.3, 0.4) is 0 Å². The summed E-state index contributed by atoms with van der Waals surface area (Å²) in [6.07, 6.45) is 0. The molecule has 0 spiro atoms. The van der Waals surface area contributed by atoms with Crippen LogP contribution in [0.1, 0.15) is 24.1 Å². The molecule has 2 aromatic carbocycles. The molecule has 2 rings (SSSR count). The Morgan fingerprint density at radius 3 is 2.48 bits per heavy atom. The van der Waals surface area contributed by atoms with Crippen LogP contribution in [0.5, 0.6) is 0 Å². The minimum atomic E-state index is -0.524. The number of benzene rings is 2. The number of para-hydroxylation sites is 1. The predicted molar refractivity (Wildman–Crippen MR) is 88.3 cm³/mol. The van der Waals surface area contributed by atoms with Gasteiger partial charge in [0.1, 0.15) is 0 Å². The quantitative estimate of drug-likeness (QED) is 0.810. The maximum atomic E-state index is 12.2. The first-order chi connectivity index (χ1) is 10.1. The van der Waals surface area contributed by atoms with E-state index in [-0.39, 0.29) is 5.97 Å². The molecule has 0 saturated carbocycles. The minimum absolute atomic E-state index is 0.280. The van der Waals surface area contributed by atoms with Crippen molar-refractivity contribution in [3.05, 3.63) is 64.1 Å². The van der Waals surface area contributed by atoms with Gasteiger partial charge in [0.15, 0.2) is 6.04 Å². The standard InChI is InChI=1S/C17H18BrNO2/c1-3-21-17(20)16(13-10-8-12(2)9-11-13)19-15-7-5-4-6-14(15)18/h4-11,16,19H,3H2,1-2H3. The summed E-state index contributed by atoms with van der Waals surface area (Å²) < 4.78 is 6.09. The maximum absolute atomic E-state index is 12.2. The summed E-state index contributed by atoms with van der Waals surface area (Å²) >= 11 is 3.48. The molecule has 0 aliphatic rings. The third kappa shape index (κ3) is 4.08. The van der Waals surface area contributed by atoms with Gasteiger partial charge in [0.25, 0.3) is 0 Å². The van der Waals surface area contributed by atoms with Crippen LogP contribution in [0.4, 0.5) is 5.69 Å². The molecular formula is C17H18BrNO2. The zero-order valence-corrected chi connectivity index (χ0v) is 13.7. The number of aryl methyl sites for hydroxylation is 1. The van der Waals surface area contributed by atoms with Crippen LogP contribution in [0.2, 0.25) is 0 Å². The van der Waals surface area contributed by atoms with Crippen molar-refractivity contribution >= 4 is 27.6 Å². The molecule has 0 fully saturated rings. The number of rotatable bonds is 5. The Morgan fingerprint density at radius 2 is 1.86 bits per heavy atom. The van der Waals surface area contributed by atoms with Crippen molar-refractivity contribution in [2.75, 3.05) is 11.9 Å². The molecule has 0 saturated heterocycles. The first-order valence-electron chi connectivity index (χ1n) is 6.86. The highest BCUT2D eigenvalue weighted by atomic mass is 79.9. The van der Waals surface area contributed by atoms with Crippen molar-refractivity contribution in [2.24, 2.45) is 0 Å². The van der Waals surface area contributed by atoms with E-state index in [1.54, 1.807) is 0 Å². The molecule has 21 heavy (non-hydrogen) atoms. The second-order valence-electron chi connectivity index (χ2n) is 4.72. The van der Waals surface area contributed by atoms with E-state index in [1.807, 2.05) is 62.4 Å². The molecule has 1 unspecified atom stereocenters. The molecule has 110 valence electrons. The van der Waals surface area contributed by atoms with E-state index in [0.29, 0.717) is 6.61 Å². The molecule has 0 aliphatic heterocycles. The summed E-state index contributed by atoms with van der Waals surface area (Å²) in [6, 6.07) is 15.0. The van der Waals surface area contributed by atoms with E-state index in [1.165, 1.54) is 0 Å². The van der Waals surface area contributed by atoms with Gasteiger partial charge in [0.05, 0.1) is 6.61 Å². The van der Waals surface area contributed by atoms with Gasteiger partial charge in [-0.2, -0.15) is 0 Å². The van der Waals surface area contributed by atoms with E-state index in [4.69, 9.17) is 4.74 Å². The van der Waals surface area contributed by atoms with Crippen molar-refractivity contribution < 1.29 is 9.53 Å². The topological polar surface area (TPSA) is 38.3 Å². The molecule has 0 heterocycles. The van der Waals surface area contributed by atoms with Crippen molar-refractivity contribution in [1.29, 1.82) is 0 Å². The van der Waals surface area contributed by atoms with Gasteiger partial charge in [-0.15, -0.1) is 0 Å². The zero-order valence-electron chi connectivity index (χ0n) is 12.1. The lowest BCUT2D eigenvalue weighted by Gasteiger charge is -2.19. The first kappa shape index (κ1) is 15.6. The van der Waals surface area contributed by atoms with Gasteiger partial charge in [0.2, 0.25) is 0 Å². The van der Waals surface area contributed by atoms with E-state index in [2.05, 4.69) is 21.2 Å². The summed E-state index contributed by atoms with van der Waals surface area (Å²) in [4.78, 5) is 12.2. The summed E-state index contributed by atoms with van der Waals surface area (Å²) in [5.74, 6) is -0.280. The normalized spacial score (nSPS) is 11.8. The molecule has 0 amide bonds. The third-order valence-electron chi connectivity index (χ3n) is 3.11. The number of hydrogen-bond acceptors (Lipinski definition) is 3. The Bertz CT molecular complexity index is 610. The molecule has 0 aromatic heterocycles. The number of halogens is 1. The minimum Gasteiger partial charge on any atom is -0.464 e. The lowest BCUT2D eigenvalue weighted by Crippen LogP contribution is -2.23. The number of hydrogen-bond donors (Lipinski definition) is 1. The van der Waals surface area contributed by atoms with Crippen molar-refractivity contribution in [1.82, 2.24) is 0 Å². The van der Waals surface area contributed by atoms with E-state index >= 15 is 0 Å². The Morgan fingerprint density at radius 1 is 1.19 bits per heavy atom. The molecule has 1 N–H and O–H groups in total. The average Bonchev–Trinajstić information content (AvgIpc) is 2.48. The summed E-state index contributed by atoms with van der Waals surface area (Å²) in [7, 11) is 0. The Kier molecular flexibility index (Phi) is 5.39. The summed E-state index contributed by atoms with van der Waals surface area (Å²) in [5.41, 5.74) is 2.90. The summed E-state index contributed by atoms with van der Waals surface area (Å²) in [6.45, 7) is 4.19. The maximum Gasteiger partial charge on any atom is 0.333 e. The highest BCUT2D eigenvalue weighted by Crippen LogP contribution is 2.27. The van der Waals surface area contributed by atoms with Gasteiger partial charge in [0, 0.05) is 10.2 Å². The Labute approximate surface area is 133 Å². The Balaban J connectivity index is 2.30. The van der Waals surface area contributed by atoms with Crippen LogP contribution >= 0.6 is 15.9 Å². The fraction of sp³-hybridized carbons (Fsp3) is 0.235. The number of carbonyl (C=O) groups excluding carboxylic acids is 1. The fourth-order valence-electron chi connectivity index (χ4n) is 2.00. The van der Waals surface area contributed by atoms with Crippen molar-refractivity contribution in [3.63, 3.8) is 0 Å². The van der Waals surface area contributed by atoms with Crippen molar-refractivity contribution in [2.45, 2.75) is 19.9 Å². The second kappa shape index (κ2) is 7.27. The molecular weight excluding hydrogens is 330 g/mol. The van der Waals surface area contributed by atoms with Crippen LogP contribution in [0.25, 0.3) is 0 Å². The van der Waals surface area contributed by atoms with Crippen LogP contribution < -0.4 is 5.32 Å². The predicted octanol–water partition coefficient (Wildman–Crippen LogP) is 4.47. The number of carbonyl (C=O) groups is 1. The zero-order chi connectivity index (χ0) is 15.2. The molecule has 0 radical (unpaired) electrons. The SMILES string of the molecule is CCOC(=O)C(Nc1ccccc1Br)c1ccc(C)cc1. The van der Waals surface area contributed by atoms with Gasteiger partial charge in [-0.25, -0.2) is 4.79 Å². The van der Waals surface area contributed by atoms with Crippen LogP contribution in [0, 0.1) is 6.92 Å². The van der Waals surface area contributed by atoms with Gasteiger partial charge >= 0.3 is 5.97 Å². The number of anilines is 1. The van der Waals surface area contributed by atoms with E-state index in [0.717, 1.165) is 21.3 Å². The van der Waals surface area contributed by atoms with Crippen LogP contribution in [-0.2, 0) is 9.53 Å². The number of ether oxygens (including phenoxy) is 1. The molecule has 2 aromatic rings. The largest absolute Gasteiger partial charge is 0.464 e. The van der Waals surface area contributed by atoms with Crippen LogP contribution in [-0.4, -0.2) is 12.6 Å². The van der Waals surface area contributed by atoms with Crippen LogP contribution in [0.15, 0.2) is 53.0 Å². The van der Waals surface area contributed by atoms with Gasteiger partial charge in [-0.05, 0) is 47.5 Å². The van der Waals surface area contributed by atoms with Gasteiger partial charge < -0.3 is 10.1 Å². The Hall–Kier alpha value is -1.81. The molecule has 3 nitrogen and oxygen atoms in total. The molecule has 0 aliphatic carbocycles. The van der Waals surface area contributed by atoms with Gasteiger partial charge in [-0.1, -0.05) is 42.0 Å². The van der Waals surface area contributed by atoms with Gasteiger partial charge in [-0.3, -0.25) is 0 Å². The molecule has 0 bridgehead atoms.